The number of fused-ring (bicyclic) bond motifs is 5. The van der Waals surface area contributed by atoms with Gasteiger partial charge in [0.2, 0.25) is 0 Å². The number of methoxy groups -OCH3 is 2. The number of ether oxygens (including phenoxy) is 4. The van der Waals surface area contributed by atoms with E-state index in [1.807, 2.05) is 18.2 Å². The fourth-order valence-electron chi connectivity index (χ4n) is 4.91. The van der Waals surface area contributed by atoms with Crippen LogP contribution in [0.2, 0.25) is 0 Å². The van der Waals surface area contributed by atoms with Gasteiger partial charge in [0.15, 0.2) is 23.0 Å². The summed E-state index contributed by atoms with van der Waals surface area (Å²) in [6.45, 7) is 1.46. The second-order valence-electron chi connectivity index (χ2n) is 8.16. The van der Waals surface area contributed by atoms with Gasteiger partial charge >= 0.3 is 5.97 Å². The van der Waals surface area contributed by atoms with E-state index in [1.54, 1.807) is 10.6 Å². The summed E-state index contributed by atoms with van der Waals surface area (Å²) in [6.07, 6.45) is 1.73. The Kier molecular flexibility index (Phi) is 5.36. The third-order valence-electron chi connectivity index (χ3n) is 6.33. The number of benzene rings is 2. The van der Waals surface area contributed by atoms with Crippen molar-refractivity contribution in [2.75, 3.05) is 27.4 Å². The zero-order valence-corrected chi connectivity index (χ0v) is 18.6. The van der Waals surface area contributed by atoms with Crippen molar-refractivity contribution in [2.24, 2.45) is 0 Å². The topological polar surface area (TPSA) is 96.2 Å². The molecule has 2 aliphatic rings. The van der Waals surface area contributed by atoms with Crippen LogP contribution in [0.1, 0.15) is 24.0 Å². The van der Waals surface area contributed by atoms with Gasteiger partial charge in [-0.1, -0.05) is 0 Å². The third kappa shape index (κ3) is 3.46. The average molecular weight is 451 g/mol. The maximum Gasteiger partial charge on any atom is 0.303 e. The number of hydrogen-bond donors (Lipinski definition) is 1. The third-order valence-corrected chi connectivity index (χ3v) is 6.33. The van der Waals surface area contributed by atoms with Crippen molar-refractivity contribution in [3.8, 4) is 34.3 Å². The highest BCUT2D eigenvalue weighted by atomic mass is 16.6. The van der Waals surface area contributed by atoms with Gasteiger partial charge < -0.3 is 28.6 Å². The zero-order valence-electron chi connectivity index (χ0n) is 18.6. The van der Waals surface area contributed by atoms with Crippen LogP contribution in [0.25, 0.3) is 22.0 Å². The number of aryl methyl sites for hydroxylation is 2. The lowest BCUT2D eigenvalue weighted by atomic mass is 9.92. The number of pyridine rings is 1. The molecule has 0 unspecified atom stereocenters. The molecule has 5 rings (SSSR count). The van der Waals surface area contributed by atoms with Crippen LogP contribution in [0.5, 0.6) is 23.0 Å². The van der Waals surface area contributed by atoms with Gasteiger partial charge in [-0.15, -0.1) is 0 Å². The van der Waals surface area contributed by atoms with E-state index in [0.29, 0.717) is 53.5 Å². The van der Waals surface area contributed by atoms with Crippen molar-refractivity contribution >= 4 is 16.7 Å². The molecule has 0 atom stereocenters. The molecule has 0 spiro atoms. The second-order valence-corrected chi connectivity index (χ2v) is 8.16. The van der Waals surface area contributed by atoms with E-state index in [-0.39, 0.29) is 18.4 Å². The molecule has 172 valence electrons. The molecule has 8 nitrogen and oxygen atoms in total. The van der Waals surface area contributed by atoms with Crippen molar-refractivity contribution < 1.29 is 28.8 Å². The summed E-state index contributed by atoms with van der Waals surface area (Å²) in [6, 6.07) is 7.49. The van der Waals surface area contributed by atoms with Gasteiger partial charge in [-0.3, -0.25) is 9.59 Å². The molecule has 1 N–H and O–H groups in total. The predicted molar refractivity (Wildman–Crippen MR) is 122 cm³/mol. The highest BCUT2D eigenvalue weighted by Gasteiger charge is 2.27. The largest absolute Gasteiger partial charge is 0.493 e. The molecule has 1 aromatic heterocycles. The summed E-state index contributed by atoms with van der Waals surface area (Å²) in [5, 5.41) is 10.5. The number of hydrogen-bond acceptors (Lipinski definition) is 6. The summed E-state index contributed by atoms with van der Waals surface area (Å²) < 4.78 is 24.4. The SMILES string of the molecule is COc1ccc2c(CCC(=O)O)c3n(c(=O)c2c1OC)CCCc1cc2c(cc1-3)OCCO2. The van der Waals surface area contributed by atoms with E-state index in [9.17, 15) is 14.7 Å². The number of nitrogens with zero attached hydrogens (tertiary/aromatic N) is 1. The van der Waals surface area contributed by atoms with Crippen LogP contribution < -0.4 is 24.5 Å². The lowest BCUT2D eigenvalue weighted by Gasteiger charge is -2.23. The van der Waals surface area contributed by atoms with Gasteiger partial charge in [-0.25, -0.2) is 0 Å². The molecule has 0 saturated heterocycles. The zero-order chi connectivity index (χ0) is 23.1. The van der Waals surface area contributed by atoms with E-state index in [1.165, 1.54) is 14.2 Å². The normalized spacial score (nSPS) is 14.2. The monoisotopic (exact) mass is 451 g/mol. The molecular formula is C25H25NO7. The minimum Gasteiger partial charge on any atom is -0.493 e. The van der Waals surface area contributed by atoms with Gasteiger partial charge in [-0.05, 0) is 60.0 Å². The Morgan fingerprint density at radius 3 is 2.58 bits per heavy atom. The molecule has 33 heavy (non-hydrogen) atoms. The molecule has 0 fully saturated rings. The van der Waals surface area contributed by atoms with Crippen molar-refractivity contribution in [2.45, 2.75) is 32.2 Å². The molecule has 0 saturated carbocycles. The Morgan fingerprint density at radius 2 is 1.88 bits per heavy atom. The highest BCUT2D eigenvalue weighted by molar-refractivity contribution is 5.96. The number of aliphatic carboxylic acids is 1. The smallest absolute Gasteiger partial charge is 0.303 e. The number of aromatic nitrogens is 1. The van der Waals surface area contributed by atoms with Gasteiger partial charge in [0.1, 0.15) is 13.2 Å². The predicted octanol–water partition coefficient (Wildman–Crippen LogP) is 3.42. The highest BCUT2D eigenvalue weighted by Crippen LogP contribution is 2.43. The van der Waals surface area contributed by atoms with Crippen LogP contribution in [-0.2, 0) is 24.2 Å². The molecule has 3 heterocycles. The van der Waals surface area contributed by atoms with Crippen LogP contribution in [0.4, 0.5) is 0 Å². The van der Waals surface area contributed by atoms with Gasteiger partial charge in [0.25, 0.3) is 5.56 Å². The summed E-state index contributed by atoms with van der Waals surface area (Å²) in [5.41, 5.74) is 3.29. The van der Waals surface area contributed by atoms with E-state index >= 15 is 0 Å². The van der Waals surface area contributed by atoms with E-state index in [4.69, 9.17) is 18.9 Å². The fourth-order valence-corrected chi connectivity index (χ4v) is 4.91. The first-order chi connectivity index (χ1) is 16.0. The Bertz CT molecular complexity index is 1330. The van der Waals surface area contributed by atoms with Crippen molar-refractivity contribution in [3.63, 3.8) is 0 Å². The van der Waals surface area contributed by atoms with Crippen LogP contribution >= 0.6 is 0 Å². The maximum atomic E-state index is 13.8. The molecule has 0 bridgehead atoms. The summed E-state index contributed by atoms with van der Waals surface area (Å²) in [4.78, 5) is 25.3. The first-order valence-electron chi connectivity index (χ1n) is 11.0. The molecule has 2 aliphatic heterocycles. The van der Waals surface area contributed by atoms with Crippen LogP contribution in [0.3, 0.4) is 0 Å². The molecule has 2 aromatic carbocycles. The van der Waals surface area contributed by atoms with E-state index in [0.717, 1.165) is 35.2 Å². The van der Waals surface area contributed by atoms with Crippen LogP contribution in [0, 0.1) is 0 Å². The molecular weight excluding hydrogens is 426 g/mol. The molecule has 3 aromatic rings. The van der Waals surface area contributed by atoms with E-state index < -0.39 is 5.97 Å². The summed E-state index contributed by atoms with van der Waals surface area (Å²) in [7, 11) is 3.03. The molecule has 8 heteroatoms. The van der Waals surface area contributed by atoms with Crippen molar-refractivity contribution in [1.29, 1.82) is 0 Å². The second kappa shape index (κ2) is 8.35. The van der Waals surface area contributed by atoms with E-state index in [2.05, 4.69) is 0 Å². The average Bonchev–Trinajstić information content (AvgIpc) is 3.01. The fraction of sp³-hybridized carbons (Fsp3) is 0.360. The minimum absolute atomic E-state index is 0.0610. The minimum atomic E-state index is -0.899. The molecule has 0 amide bonds. The Morgan fingerprint density at radius 1 is 1.12 bits per heavy atom. The Labute approximate surface area is 190 Å². The standard InChI is InChI=1S/C25H25NO7/c1-30-18-7-5-15-16(6-8-21(27)28)23-17-13-20-19(32-10-11-33-20)12-14(17)4-3-9-26(23)25(29)22(15)24(18)31-2/h5,7,12-13H,3-4,6,8-11H2,1-2H3,(H,27,28). The summed E-state index contributed by atoms with van der Waals surface area (Å²) in [5.74, 6) is 1.26. The summed E-state index contributed by atoms with van der Waals surface area (Å²) >= 11 is 0. The lowest BCUT2D eigenvalue weighted by molar-refractivity contribution is -0.136. The Balaban J connectivity index is 1.88. The Hall–Kier alpha value is -3.68. The number of rotatable bonds is 5. The number of carboxylic acids is 1. The van der Waals surface area contributed by atoms with Crippen molar-refractivity contribution in [1.82, 2.24) is 4.57 Å². The van der Waals surface area contributed by atoms with Gasteiger partial charge in [0, 0.05) is 18.5 Å². The lowest BCUT2D eigenvalue weighted by Crippen LogP contribution is -2.24. The van der Waals surface area contributed by atoms with Crippen LogP contribution in [-0.4, -0.2) is 43.1 Å². The quantitative estimate of drug-likeness (QED) is 0.635. The molecule has 0 aliphatic carbocycles. The van der Waals surface area contributed by atoms with Gasteiger partial charge in [-0.2, -0.15) is 0 Å². The van der Waals surface area contributed by atoms with Gasteiger partial charge in [0.05, 0.1) is 25.3 Å². The first-order valence-corrected chi connectivity index (χ1v) is 11.0. The number of carboxylic acid groups (broad SMARTS) is 1. The maximum absolute atomic E-state index is 13.8. The molecule has 0 radical (unpaired) electrons. The first kappa shape index (κ1) is 21.2. The number of carbonyl (C=O) groups is 1. The van der Waals surface area contributed by atoms with Crippen molar-refractivity contribution in [3.05, 3.63) is 45.7 Å². The van der Waals surface area contributed by atoms with Crippen LogP contribution in [0.15, 0.2) is 29.1 Å².